The number of likely N-dealkylation sites (tertiary alicyclic amines) is 1. The van der Waals surface area contributed by atoms with Gasteiger partial charge in [-0.1, -0.05) is 0 Å². The lowest BCUT2D eigenvalue weighted by molar-refractivity contribution is 0.0186. The molecule has 2 saturated heterocycles. The number of rotatable bonds is 6. The first-order chi connectivity index (χ1) is 19.0. The molecular weight excluding hydrogens is 536 g/mol. The number of nitrogens with one attached hydrogen (secondary N) is 2. The zero-order valence-corrected chi connectivity index (χ0v) is 24.1. The van der Waals surface area contributed by atoms with Gasteiger partial charge in [-0.15, -0.1) is 0 Å². The van der Waals surface area contributed by atoms with Crippen LogP contribution in [0.2, 0.25) is 0 Å². The number of fused-ring (bicyclic) bond motifs is 1. The van der Waals surface area contributed by atoms with Gasteiger partial charge in [0.1, 0.15) is 11.4 Å². The third kappa shape index (κ3) is 6.29. The van der Waals surface area contributed by atoms with Gasteiger partial charge in [0.2, 0.25) is 0 Å². The van der Waals surface area contributed by atoms with Crippen LogP contribution in [-0.2, 0) is 19.7 Å². The van der Waals surface area contributed by atoms with Crippen LogP contribution in [-0.4, -0.2) is 91.2 Å². The Balaban J connectivity index is 1.45. The zero-order valence-electron chi connectivity index (χ0n) is 23.3. The standard InChI is InChI=1S/C26H36N8O5S/c1-26(2,3)39-25(35)33-11-9-20(10-12-33)34-24-21(17-28-34)23(32-13-15-38-16-14-32)29-22(30-24)18-5-7-19(8-6-18)31-40(36,37)27-4/h5-8,17,20,27,31H,9-16H2,1-4H3. The summed E-state index contributed by atoms with van der Waals surface area (Å²) in [7, 11) is -2.28. The van der Waals surface area contributed by atoms with E-state index in [1.54, 1.807) is 29.2 Å². The van der Waals surface area contributed by atoms with Crippen LogP contribution in [0.4, 0.5) is 16.3 Å². The Morgan fingerprint density at radius 3 is 2.35 bits per heavy atom. The molecule has 40 heavy (non-hydrogen) atoms. The first-order valence-corrected chi connectivity index (χ1v) is 14.9. The molecule has 1 aromatic carbocycles. The zero-order chi connectivity index (χ0) is 28.5. The van der Waals surface area contributed by atoms with Crippen molar-refractivity contribution in [2.24, 2.45) is 0 Å². The fraction of sp³-hybridized carbons (Fsp3) is 0.538. The SMILES string of the molecule is CNS(=O)(=O)Nc1ccc(-c2nc(N3CCOCC3)c3cnn(C4CCN(C(=O)OC(C)(C)C)CC4)c3n2)cc1. The van der Waals surface area contributed by atoms with Gasteiger partial charge in [-0.2, -0.15) is 13.5 Å². The maximum absolute atomic E-state index is 12.6. The minimum Gasteiger partial charge on any atom is -0.444 e. The van der Waals surface area contributed by atoms with Crippen molar-refractivity contribution in [3.05, 3.63) is 30.5 Å². The van der Waals surface area contributed by atoms with Crippen molar-refractivity contribution >= 4 is 38.8 Å². The number of nitrogens with zero attached hydrogens (tertiary/aromatic N) is 6. The van der Waals surface area contributed by atoms with Crippen LogP contribution in [0.1, 0.15) is 39.7 Å². The van der Waals surface area contributed by atoms with Gasteiger partial charge in [0.25, 0.3) is 10.2 Å². The molecule has 0 aliphatic carbocycles. The van der Waals surface area contributed by atoms with Crippen molar-refractivity contribution in [3.63, 3.8) is 0 Å². The number of amides is 1. The van der Waals surface area contributed by atoms with E-state index in [0.717, 1.165) is 35.3 Å². The van der Waals surface area contributed by atoms with E-state index in [9.17, 15) is 13.2 Å². The second-order valence-electron chi connectivity index (χ2n) is 10.9. The number of carbonyl (C=O) groups is 1. The van der Waals surface area contributed by atoms with Gasteiger partial charge in [0.05, 0.1) is 30.8 Å². The molecule has 216 valence electrons. The molecule has 2 aliphatic rings. The summed E-state index contributed by atoms with van der Waals surface area (Å²) in [4.78, 5) is 26.4. The minimum atomic E-state index is -3.62. The topological polar surface area (TPSA) is 144 Å². The summed E-state index contributed by atoms with van der Waals surface area (Å²) < 4.78 is 41.5. The summed E-state index contributed by atoms with van der Waals surface area (Å²) in [5, 5.41) is 5.60. The second kappa shape index (κ2) is 11.2. The van der Waals surface area contributed by atoms with Gasteiger partial charge in [-0.3, -0.25) is 4.72 Å². The highest BCUT2D eigenvalue weighted by Crippen LogP contribution is 2.32. The summed E-state index contributed by atoms with van der Waals surface area (Å²) in [6.45, 7) is 9.36. The number of anilines is 2. The molecule has 5 rings (SSSR count). The molecule has 4 heterocycles. The third-order valence-corrected chi connectivity index (χ3v) is 7.91. The molecule has 0 radical (unpaired) electrons. The van der Waals surface area contributed by atoms with E-state index in [-0.39, 0.29) is 12.1 Å². The van der Waals surface area contributed by atoms with Crippen molar-refractivity contribution in [1.29, 1.82) is 0 Å². The number of ether oxygens (including phenoxy) is 2. The molecule has 0 bridgehead atoms. The number of benzene rings is 1. The fourth-order valence-electron chi connectivity index (χ4n) is 4.84. The van der Waals surface area contributed by atoms with E-state index in [1.807, 2.05) is 31.6 Å². The highest BCUT2D eigenvalue weighted by atomic mass is 32.2. The number of carbonyl (C=O) groups excluding carboxylic acids is 1. The van der Waals surface area contributed by atoms with E-state index < -0.39 is 15.8 Å². The quantitative estimate of drug-likeness (QED) is 0.456. The second-order valence-corrected chi connectivity index (χ2v) is 12.5. The molecule has 0 spiro atoms. The Labute approximate surface area is 234 Å². The van der Waals surface area contributed by atoms with E-state index in [1.165, 1.54) is 7.05 Å². The maximum Gasteiger partial charge on any atom is 0.410 e. The van der Waals surface area contributed by atoms with Crippen LogP contribution < -0.4 is 14.3 Å². The largest absolute Gasteiger partial charge is 0.444 e. The van der Waals surface area contributed by atoms with Crippen LogP contribution in [0.15, 0.2) is 30.5 Å². The summed E-state index contributed by atoms with van der Waals surface area (Å²) in [5.74, 6) is 1.31. The molecule has 0 saturated carbocycles. The predicted octanol–water partition coefficient (Wildman–Crippen LogP) is 2.78. The lowest BCUT2D eigenvalue weighted by atomic mass is 10.1. The van der Waals surface area contributed by atoms with Crippen molar-refractivity contribution in [1.82, 2.24) is 29.4 Å². The van der Waals surface area contributed by atoms with Crippen LogP contribution in [0.5, 0.6) is 0 Å². The van der Waals surface area contributed by atoms with E-state index >= 15 is 0 Å². The molecule has 14 heteroatoms. The van der Waals surface area contributed by atoms with Crippen LogP contribution in [0, 0.1) is 0 Å². The van der Waals surface area contributed by atoms with Crippen molar-refractivity contribution < 1.29 is 22.7 Å². The Bertz CT molecular complexity index is 1450. The smallest absolute Gasteiger partial charge is 0.410 e. The van der Waals surface area contributed by atoms with Gasteiger partial charge in [0, 0.05) is 44.5 Å². The van der Waals surface area contributed by atoms with Gasteiger partial charge < -0.3 is 19.3 Å². The summed E-state index contributed by atoms with van der Waals surface area (Å²) >= 11 is 0. The summed E-state index contributed by atoms with van der Waals surface area (Å²) in [6, 6.07) is 7.00. The number of hydrogen-bond acceptors (Lipinski definition) is 9. The molecule has 13 nitrogen and oxygen atoms in total. The molecule has 2 aromatic heterocycles. The number of aromatic nitrogens is 4. The molecule has 2 N–H and O–H groups in total. The molecule has 3 aromatic rings. The van der Waals surface area contributed by atoms with Crippen LogP contribution in [0.3, 0.4) is 0 Å². The average Bonchev–Trinajstić information content (AvgIpc) is 3.36. The van der Waals surface area contributed by atoms with Gasteiger partial charge in [-0.25, -0.2) is 24.2 Å². The Morgan fingerprint density at radius 2 is 1.73 bits per heavy atom. The van der Waals surface area contributed by atoms with Crippen LogP contribution in [0.25, 0.3) is 22.4 Å². The number of morpholine rings is 1. The van der Waals surface area contributed by atoms with Gasteiger partial charge in [0.15, 0.2) is 11.5 Å². The third-order valence-electron chi connectivity index (χ3n) is 6.87. The van der Waals surface area contributed by atoms with Crippen molar-refractivity contribution in [2.75, 3.05) is 56.1 Å². The lowest BCUT2D eigenvalue weighted by Crippen LogP contribution is -2.42. The highest BCUT2D eigenvalue weighted by molar-refractivity contribution is 7.90. The normalized spacial score (nSPS) is 17.3. The lowest BCUT2D eigenvalue weighted by Gasteiger charge is -2.33. The Morgan fingerprint density at radius 1 is 1.05 bits per heavy atom. The molecular formula is C26H36N8O5S. The van der Waals surface area contributed by atoms with Gasteiger partial charge in [-0.05, 0) is 57.9 Å². The first kappa shape index (κ1) is 28.1. The monoisotopic (exact) mass is 572 g/mol. The van der Waals surface area contributed by atoms with Crippen LogP contribution >= 0.6 is 0 Å². The number of piperidine rings is 1. The van der Waals surface area contributed by atoms with Crippen molar-refractivity contribution in [2.45, 2.75) is 45.3 Å². The molecule has 2 fully saturated rings. The molecule has 0 atom stereocenters. The summed E-state index contributed by atoms with van der Waals surface area (Å²) in [5.41, 5.74) is 1.36. The highest BCUT2D eigenvalue weighted by Gasteiger charge is 2.30. The number of hydrogen-bond donors (Lipinski definition) is 2. The Kier molecular flexibility index (Phi) is 7.84. The minimum absolute atomic E-state index is 0.0646. The average molecular weight is 573 g/mol. The van der Waals surface area contributed by atoms with E-state index in [2.05, 4.69) is 14.3 Å². The van der Waals surface area contributed by atoms with Gasteiger partial charge >= 0.3 is 6.09 Å². The molecule has 1 amide bonds. The first-order valence-electron chi connectivity index (χ1n) is 13.4. The van der Waals surface area contributed by atoms with E-state index in [4.69, 9.17) is 24.5 Å². The molecule has 0 unspecified atom stereocenters. The fourth-order valence-corrected chi connectivity index (χ4v) is 5.38. The maximum atomic E-state index is 12.6. The Hall–Kier alpha value is -3.49. The summed E-state index contributed by atoms with van der Waals surface area (Å²) in [6.07, 6.45) is 2.97. The van der Waals surface area contributed by atoms with Crippen molar-refractivity contribution in [3.8, 4) is 11.4 Å². The predicted molar refractivity (Wildman–Crippen MR) is 151 cm³/mol. The van der Waals surface area contributed by atoms with E-state index in [0.29, 0.717) is 50.9 Å². The molecule has 2 aliphatic heterocycles.